The fourth-order valence-corrected chi connectivity index (χ4v) is 4.01. The third-order valence-corrected chi connectivity index (χ3v) is 5.61. The van der Waals surface area contributed by atoms with E-state index in [4.69, 9.17) is 14.0 Å². The Morgan fingerprint density at radius 1 is 1.32 bits per heavy atom. The van der Waals surface area contributed by atoms with Gasteiger partial charge in [-0.05, 0) is 30.5 Å². The van der Waals surface area contributed by atoms with Gasteiger partial charge in [0.05, 0.1) is 13.2 Å². The van der Waals surface area contributed by atoms with Gasteiger partial charge in [-0.3, -0.25) is 9.45 Å². The minimum atomic E-state index is -4.16. The number of aryl methyl sites for hydroxylation is 1. The zero-order valence-electron chi connectivity index (χ0n) is 14.9. The Morgan fingerprint density at radius 3 is 2.64 bits per heavy atom. The summed E-state index contributed by atoms with van der Waals surface area (Å²) in [5.74, 6) is 0.894. The molecule has 2 heterocycles. The summed E-state index contributed by atoms with van der Waals surface area (Å²) in [6.45, 7) is 9.64. The predicted octanol–water partition coefficient (Wildman–Crippen LogP) is 1.26. The Balaban J connectivity index is 1.80. The quantitative estimate of drug-likeness (QED) is 0.759. The van der Waals surface area contributed by atoms with Crippen LogP contribution >= 0.6 is 0 Å². The maximum absolute atomic E-state index is 10.8. The van der Waals surface area contributed by atoms with Crippen LogP contribution in [0.1, 0.15) is 30.5 Å². The van der Waals surface area contributed by atoms with Crippen molar-refractivity contribution in [2.45, 2.75) is 38.8 Å². The molecule has 1 atom stereocenters. The summed E-state index contributed by atoms with van der Waals surface area (Å²) in [5.41, 5.74) is 3.06. The molecule has 2 aliphatic heterocycles. The molecule has 1 aromatic carbocycles. The van der Waals surface area contributed by atoms with Crippen LogP contribution in [0, 0.1) is 6.92 Å². The van der Waals surface area contributed by atoms with Gasteiger partial charge in [-0.1, -0.05) is 19.9 Å². The number of hydrogen-bond donors (Lipinski definition) is 2. The first kappa shape index (κ1) is 18.6. The van der Waals surface area contributed by atoms with Crippen molar-refractivity contribution in [3.05, 3.63) is 28.8 Å². The van der Waals surface area contributed by atoms with Crippen LogP contribution < -0.4 is 9.46 Å². The van der Waals surface area contributed by atoms with Crippen LogP contribution in [-0.2, 0) is 26.9 Å². The molecule has 1 aromatic rings. The number of hydrogen-bond acceptors (Lipinski definition) is 5. The fourth-order valence-electron chi connectivity index (χ4n) is 3.65. The van der Waals surface area contributed by atoms with Gasteiger partial charge in [0.25, 0.3) is 0 Å². The molecule has 3 rings (SSSR count). The maximum Gasteiger partial charge on any atom is 0.333 e. The van der Waals surface area contributed by atoms with Crippen molar-refractivity contribution in [2.75, 3.05) is 32.8 Å². The summed E-state index contributed by atoms with van der Waals surface area (Å²) in [6, 6.07) is 4.14. The van der Waals surface area contributed by atoms with E-state index in [1.165, 1.54) is 0 Å². The summed E-state index contributed by atoms with van der Waals surface area (Å²) in [4.78, 5) is 2.32. The number of nitrogens with zero attached hydrogens (tertiary/aromatic N) is 1. The molecule has 7 nitrogen and oxygen atoms in total. The molecule has 2 N–H and O–H groups in total. The van der Waals surface area contributed by atoms with E-state index < -0.39 is 10.3 Å². The van der Waals surface area contributed by atoms with Gasteiger partial charge in [0, 0.05) is 30.6 Å². The first-order valence-electron chi connectivity index (χ1n) is 8.53. The Hall–Kier alpha value is -1.19. The largest absolute Gasteiger partial charge is 0.474 e. The summed E-state index contributed by atoms with van der Waals surface area (Å²) >= 11 is 0. The van der Waals surface area contributed by atoms with Crippen LogP contribution in [0.25, 0.3) is 0 Å². The van der Waals surface area contributed by atoms with E-state index in [2.05, 4.69) is 29.5 Å². The third kappa shape index (κ3) is 3.98. The molecule has 25 heavy (non-hydrogen) atoms. The second kappa shape index (κ2) is 6.85. The van der Waals surface area contributed by atoms with E-state index in [9.17, 15) is 8.42 Å². The van der Waals surface area contributed by atoms with Crippen LogP contribution in [0.5, 0.6) is 5.75 Å². The minimum absolute atomic E-state index is 0.0306. The van der Waals surface area contributed by atoms with Crippen molar-refractivity contribution in [3.63, 3.8) is 0 Å². The second-order valence-corrected chi connectivity index (χ2v) is 8.47. The van der Waals surface area contributed by atoms with E-state index in [-0.39, 0.29) is 18.2 Å². The van der Waals surface area contributed by atoms with E-state index in [1.54, 1.807) is 0 Å². The third-order valence-electron chi connectivity index (χ3n) is 5.04. The Labute approximate surface area is 149 Å². The van der Waals surface area contributed by atoms with Gasteiger partial charge in [-0.15, -0.1) is 0 Å². The SMILES string of the molecule is Cc1cc2c(cc1CCNS(=O)(=O)O)C(C)(C)C(N1CCOCC1)O2. The first-order valence-corrected chi connectivity index (χ1v) is 9.97. The van der Waals surface area contributed by atoms with E-state index in [0.29, 0.717) is 6.42 Å². The molecule has 0 amide bonds. The van der Waals surface area contributed by atoms with Gasteiger partial charge in [-0.25, -0.2) is 0 Å². The number of nitrogens with one attached hydrogen (secondary N) is 1. The highest BCUT2D eigenvalue weighted by atomic mass is 32.2. The molecule has 8 heteroatoms. The Morgan fingerprint density at radius 2 is 2.00 bits per heavy atom. The highest BCUT2D eigenvalue weighted by Crippen LogP contribution is 2.45. The normalized spacial score (nSPS) is 23.3. The van der Waals surface area contributed by atoms with Crippen molar-refractivity contribution >= 4 is 10.3 Å². The second-order valence-electron chi connectivity index (χ2n) is 7.23. The lowest BCUT2D eigenvalue weighted by Gasteiger charge is -2.38. The molecule has 140 valence electrons. The lowest BCUT2D eigenvalue weighted by molar-refractivity contribution is -0.0612. The maximum atomic E-state index is 10.8. The van der Waals surface area contributed by atoms with E-state index >= 15 is 0 Å². The summed E-state index contributed by atoms with van der Waals surface area (Å²) in [6.07, 6.45) is 0.481. The smallest absolute Gasteiger partial charge is 0.333 e. The summed E-state index contributed by atoms with van der Waals surface area (Å²) < 4.78 is 44.3. The van der Waals surface area contributed by atoms with Crippen LogP contribution in [0.15, 0.2) is 12.1 Å². The molecule has 0 bridgehead atoms. The molecule has 1 unspecified atom stereocenters. The summed E-state index contributed by atoms with van der Waals surface area (Å²) in [5, 5.41) is 0. The minimum Gasteiger partial charge on any atom is -0.474 e. The van der Waals surface area contributed by atoms with Crippen molar-refractivity contribution in [1.29, 1.82) is 0 Å². The molecule has 1 fully saturated rings. The molecule has 2 aliphatic rings. The molecule has 1 saturated heterocycles. The fraction of sp³-hybridized carbons (Fsp3) is 0.647. The van der Waals surface area contributed by atoms with Crippen LogP contribution in [0.4, 0.5) is 0 Å². The van der Waals surface area contributed by atoms with E-state index in [1.807, 2.05) is 13.0 Å². The van der Waals surface area contributed by atoms with Crippen molar-refractivity contribution < 1.29 is 22.4 Å². The first-order chi connectivity index (χ1) is 11.7. The molecule has 0 spiro atoms. The number of fused-ring (bicyclic) bond motifs is 1. The Bertz CT molecular complexity index is 742. The number of ether oxygens (including phenoxy) is 2. The van der Waals surface area contributed by atoms with Gasteiger partial charge >= 0.3 is 10.3 Å². The average molecular weight is 370 g/mol. The monoisotopic (exact) mass is 370 g/mol. The molecular formula is C17H26N2O5S. The summed E-state index contributed by atoms with van der Waals surface area (Å²) in [7, 11) is -4.16. The van der Waals surface area contributed by atoms with Crippen LogP contribution in [0.3, 0.4) is 0 Å². The average Bonchev–Trinajstić information content (AvgIpc) is 2.78. The highest BCUT2D eigenvalue weighted by Gasteiger charge is 2.45. The van der Waals surface area contributed by atoms with Crippen molar-refractivity contribution in [1.82, 2.24) is 9.62 Å². The zero-order valence-corrected chi connectivity index (χ0v) is 15.7. The molecule has 0 saturated carbocycles. The van der Waals surface area contributed by atoms with Crippen LogP contribution in [0.2, 0.25) is 0 Å². The number of morpholine rings is 1. The molecular weight excluding hydrogens is 344 g/mol. The van der Waals surface area contributed by atoms with Gasteiger partial charge in [-0.2, -0.15) is 13.1 Å². The van der Waals surface area contributed by atoms with Gasteiger partial charge in [0.1, 0.15) is 5.75 Å². The molecule has 0 aromatic heterocycles. The van der Waals surface area contributed by atoms with Gasteiger partial charge in [0.2, 0.25) is 0 Å². The van der Waals surface area contributed by atoms with Gasteiger partial charge < -0.3 is 9.47 Å². The Kier molecular flexibility index (Phi) is 5.09. The lowest BCUT2D eigenvalue weighted by Crippen LogP contribution is -2.52. The van der Waals surface area contributed by atoms with Crippen molar-refractivity contribution in [3.8, 4) is 5.75 Å². The molecule has 0 radical (unpaired) electrons. The van der Waals surface area contributed by atoms with Gasteiger partial charge in [0.15, 0.2) is 6.23 Å². The molecule has 0 aliphatic carbocycles. The predicted molar refractivity (Wildman–Crippen MR) is 94.3 cm³/mol. The zero-order chi connectivity index (χ0) is 18.2. The van der Waals surface area contributed by atoms with Crippen molar-refractivity contribution in [2.24, 2.45) is 0 Å². The highest BCUT2D eigenvalue weighted by molar-refractivity contribution is 7.83. The van der Waals surface area contributed by atoms with Crippen LogP contribution in [-0.4, -0.2) is 56.9 Å². The number of benzene rings is 1. The lowest BCUT2D eigenvalue weighted by atomic mass is 9.82. The van der Waals surface area contributed by atoms with E-state index in [0.717, 1.165) is 48.7 Å². The standard InChI is InChI=1S/C17H26N2O5S/c1-12-10-15-14(11-13(12)4-5-18-25(20,21)22)17(2,3)16(24-15)19-6-8-23-9-7-19/h10-11,16,18H,4-9H2,1-3H3,(H,20,21,22). The topological polar surface area (TPSA) is 88.1 Å². The number of rotatable bonds is 5.